The summed E-state index contributed by atoms with van der Waals surface area (Å²) in [5.41, 5.74) is 0.938. The third kappa shape index (κ3) is 2.00. The summed E-state index contributed by atoms with van der Waals surface area (Å²) in [5.74, 6) is 5.85. The highest BCUT2D eigenvalue weighted by molar-refractivity contribution is 5.89. The van der Waals surface area contributed by atoms with Crippen LogP contribution in [0.1, 0.15) is 5.56 Å². The third-order valence-electron chi connectivity index (χ3n) is 2.26. The van der Waals surface area contributed by atoms with Gasteiger partial charge in [-0.15, -0.1) is 0 Å². The van der Waals surface area contributed by atoms with Crippen molar-refractivity contribution in [3.05, 3.63) is 35.9 Å². The Balaban J connectivity index is 2.04. The van der Waals surface area contributed by atoms with Crippen LogP contribution in [0.5, 0.6) is 0 Å². The number of methoxy groups -OCH3 is 1. The maximum atomic E-state index is 11.0. The van der Waals surface area contributed by atoms with Crippen molar-refractivity contribution in [3.8, 4) is 11.8 Å². The van der Waals surface area contributed by atoms with Crippen LogP contribution in [-0.2, 0) is 9.53 Å². The molecule has 0 unspecified atom stereocenters. The van der Waals surface area contributed by atoms with Gasteiger partial charge in [0, 0.05) is 12.7 Å². The first-order chi connectivity index (χ1) is 7.31. The van der Waals surface area contributed by atoms with Crippen molar-refractivity contribution in [1.29, 1.82) is 0 Å². The molecule has 0 saturated carbocycles. The van der Waals surface area contributed by atoms with Gasteiger partial charge in [-0.05, 0) is 12.1 Å². The van der Waals surface area contributed by atoms with Crippen molar-refractivity contribution in [2.75, 3.05) is 7.11 Å². The Morgan fingerprint density at radius 3 is 2.67 bits per heavy atom. The molecule has 76 valence electrons. The standard InChI is InChI=1S/C12H11NO2/c1-15-11-10(13-12(11)14)8-7-9-5-3-2-4-6-9/h2-6,10-11H,1H3,(H,13,14)/t10-,11+/m0/s1. The van der Waals surface area contributed by atoms with Gasteiger partial charge in [0.15, 0.2) is 6.10 Å². The minimum Gasteiger partial charge on any atom is -0.368 e. The molecule has 1 amide bonds. The summed E-state index contributed by atoms with van der Waals surface area (Å²) in [7, 11) is 1.51. The Morgan fingerprint density at radius 2 is 2.07 bits per heavy atom. The Kier molecular flexibility index (Phi) is 2.70. The van der Waals surface area contributed by atoms with Gasteiger partial charge in [0.05, 0.1) is 0 Å². The molecule has 2 atom stereocenters. The predicted molar refractivity (Wildman–Crippen MR) is 56.0 cm³/mol. The van der Waals surface area contributed by atoms with Gasteiger partial charge >= 0.3 is 0 Å². The largest absolute Gasteiger partial charge is 0.368 e. The van der Waals surface area contributed by atoms with E-state index in [2.05, 4.69) is 17.2 Å². The van der Waals surface area contributed by atoms with E-state index >= 15 is 0 Å². The normalized spacial score (nSPS) is 23.4. The molecule has 1 saturated heterocycles. The molecule has 1 aliphatic rings. The molecule has 1 fully saturated rings. The second-order valence-electron chi connectivity index (χ2n) is 3.28. The van der Waals surface area contributed by atoms with Crippen LogP contribution in [0, 0.1) is 11.8 Å². The molecule has 1 aromatic carbocycles. The van der Waals surface area contributed by atoms with Gasteiger partial charge in [-0.2, -0.15) is 0 Å². The molecule has 0 spiro atoms. The maximum Gasteiger partial charge on any atom is 0.253 e. The number of carbonyl (C=O) groups excluding carboxylic acids is 1. The summed E-state index contributed by atoms with van der Waals surface area (Å²) >= 11 is 0. The fourth-order valence-corrected chi connectivity index (χ4v) is 1.40. The first-order valence-electron chi connectivity index (χ1n) is 4.71. The lowest BCUT2D eigenvalue weighted by Crippen LogP contribution is -2.62. The van der Waals surface area contributed by atoms with Gasteiger partial charge in [-0.3, -0.25) is 4.79 Å². The average molecular weight is 201 g/mol. The van der Waals surface area contributed by atoms with E-state index in [1.807, 2.05) is 30.3 Å². The van der Waals surface area contributed by atoms with Crippen LogP contribution in [0.4, 0.5) is 0 Å². The molecule has 15 heavy (non-hydrogen) atoms. The van der Waals surface area contributed by atoms with Gasteiger partial charge in [-0.1, -0.05) is 30.0 Å². The number of hydrogen-bond acceptors (Lipinski definition) is 2. The van der Waals surface area contributed by atoms with Crippen LogP contribution in [0.15, 0.2) is 30.3 Å². The number of β-lactam (4-membered cyclic amide) rings is 1. The SMILES string of the molecule is CO[C@H]1C(=O)N[C@H]1C#Cc1ccccc1. The van der Waals surface area contributed by atoms with Crippen molar-refractivity contribution in [2.24, 2.45) is 0 Å². The quantitative estimate of drug-likeness (QED) is 0.532. The van der Waals surface area contributed by atoms with Crippen molar-refractivity contribution < 1.29 is 9.53 Å². The van der Waals surface area contributed by atoms with E-state index in [0.717, 1.165) is 5.56 Å². The minimum atomic E-state index is -0.416. The molecule has 3 heteroatoms. The lowest BCUT2D eigenvalue weighted by atomic mass is 10.0. The van der Waals surface area contributed by atoms with Crippen LogP contribution in [0.25, 0.3) is 0 Å². The van der Waals surface area contributed by atoms with Crippen LogP contribution in [0.2, 0.25) is 0 Å². The van der Waals surface area contributed by atoms with E-state index in [1.54, 1.807) is 0 Å². The molecule has 1 aliphatic heterocycles. The van der Waals surface area contributed by atoms with E-state index in [0.29, 0.717) is 0 Å². The van der Waals surface area contributed by atoms with E-state index < -0.39 is 6.10 Å². The number of carbonyl (C=O) groups is 1. The summed E-state index contributed by atoms with van der Waals surface area (Å²) in [4.78, 5) is 11.0. The highest BCUT2D eigenvalue weighted by atomic mass is 16.5. The van der Waals surface area contributed by atoms with Crippen molar-refractivity contribution >= 4 is 5.91 Å². The summed E-state index contributed by atoms with van der Waals surface area (Å²) in [6.07, 6.45) is -0.416. The molecule has 0 aliphatic carbocycles. The average Bonchev–Trinajstić information content (AvgIpc) is 2.26. The van der Waals surface area contributed by atoms with Gasteiger partial charge in [0.1, 0.15) is 6.04 Å². The van der Waals surface area contributed by atoms with Crippen molar-refractivity contribution in [3.63, 3.8) is 0 Å². The lowest BCUT2D eigenvalue weighted by Gasteiger charge is -2.31. The molecule has 3 nitrogen and oxygen atoms in total. The van der Waals surface area contributed by atoms with E-state index in [4.69, 9.17) is 4.74 Å². The fraction of sp³-hybridized carbons (Fsp3) is 0.250. The zero-order chi connectivity index (χ0) is 10.7. The predicted octanol–water partition coefficient (Wildman–Crippen LogP) is 0.551. The molecule has 0 bridgehead atoms. The van der Waals surface area contributed by atoms with Crippen molar-refractivity contribution in [2.45, 2.75) is 12.1 Å². The number of rotatable bonds is 1. The van der Waals surface area contributed by atoms with Crippen LogP contribution in [0.3, 0.4) is 0 Å². The Labute approximate surface area is 88.4 Å². The summed E-state index contributed by atoms with van der Waals surface area (Å²) < 4.78 is 4.98. The molecule has 0 radical (unpaired) electrons. The molecule has 1 aromatic rings. The van der Waals surface area contributed by atoms with Crippen LogP contribution >= 0.6 is 0 Å². The highest BCUT2D eigenvalue weighted by Gasteiger charge is 2.38. The number of hydrogen-bond donors (Lipinski definition) is 1. The summed E-state index contributed by atoms with van der Waals surface area (Å²) in [5, 5.41) is 2.68. The zero-order valence-electron chi connectivity index (χ0n) is 8.36. The van der Waals surface area contributed by atoms with Crippen molar-refractivity contribution in [1.82, 2.24) is 5.32 Å². The van der Waals surface area contributed by atoms with Crippen LogP contribution in [-0.4, -0.2) is 25.2 Å². The highest BCUT2D eigenvalue weighted by Crippen LogP contribution is 2.08. The first-order valence-corrected chi connectivity index (χ1v) is 4.71. The Hall–Kier alpha value is -1.79. The van der Waals surface area contributed by atoms with Crippen LogP contribution < -0.4 is 5.32 Å². The summed E-state index contributed by atoms with van der Waals surface area (Å²) in [6.45, 7) is 0. The zero-order valence-corrected chi connectivity index (χ0v) is 8.36. The number of ether oxygens (including phenoxy) is 1. The van der Waals surface area contributed by atoms with Gasteiger partial charge in [0.25, 0.3) is 5.91 Å². The van der Waals surface area contributed by atoms with Gasteiger partial charge in [0.2, 0.25) is 0 Å². The smallest absolute Gasteiger partial charge is 0.253 e. The maximum absolute atomic E-state index is 11.0. The summed E-state index contributed by atoms with van der Waals surface area (Å²) in [6, 6.07) is 9.47. The molecule has 1 heterocycles. The molecule has 0 aromatic heterocycles. The molecule has 1 N–H and O–H groups in total. The molecular formula is C12H11NO2. The monoisotopic (exact) mass is 201 g/mol. The topological polar surface area (TPSA) is 38.3 Å². The van der Waals surface area contributed by atoms with Gasteiger partial charge in [-0.25, -0.2) is 0 Å². The van der Waals surface area contributed by atoms with E-state index in [-0.39, 0.29) is 11.9 Å². The molecular weight excluding hydrogens is 190 g/mol. The fourth-order valence-electron chi connectivity index (χ4n) is 1.40. The number of amides is 1. The lowest BCUT2D eigenvalue weighted by molar-refractivity contribution is -0.142. The molecule has 2 rings (SSSR count). The van der Waals surface area contributed by atoms with Gasteiger partial charge < -0.3 is 10.1 Å². The second-order valence-corrected chi connectivity index (χ2v) is 3.28. The number of benzene rings is 1. The number of nitrogens with one attached hydrogen (secondary N) is 1. The third-order valence-corrected chi connectivity index (χ3v) is 2.26. The van der Waals surface area contributed by atoms with E-state index in [1.165, 1.54) is 7.11 Å². The van der Waals surface area contributed by atoms with E-state index in [9.17, 15) is 4.79 Å². The Morgan fingerprint density at radius 1 is 1.33 bits per heavy atom. The second kappa shape index (κ2) is 4.16. The Bertz CT molecular complexity index is 416. The minimum absolute atomic E-state index is 0.0927. The first kappa shape index (κ1) is 9.75.